The van der Waals surface area contributed by atoms with Crippen LogP contribution in [0.2, 0.25) is 0 Å². The number of nitrogens with one attached hydrogen (secondary N) is 1. The first-order valence-corrected chi connectivity index (χ1v) is 9.21. The van der Waals surface area contributed by atoms with Gasteiger partial charge in [-0.2, -0.15) is 5.10 Å². The van der Waals surface area contributed by atoms with Gasteiger partial charge >= 0.3 is 0 Å². The van der Waals surface area contributed by atoms with Crippen molar-refractivity contribution in [3.8, 4) is 5.69 Å². The third-order valence-electron chi connectivity index (χ3n) is 4.43. The maximum atomic E-state index is 13.1. The van der Waals surface area contributed by atoms with Crippen molar-refractivity contribution in [2.75, 3.05) is 5.32 Å². The van der Waals surface area contributed by atoms with Gasteiger partial charge in [0.05, 0.1) is 11.4 Å². The van der Waals surface area contributed by atoms with E-state index >= 15 is 0 Å². The Kier molecular flexibility index (Phi) is 5.99. The van der Waals surface area contributed by atoms with E-state index < -0.39 is 0 Å². The molecule has 1 aromatic heterocycles. The monoisotopic (exact) mass is 379 g/mol. The molecule has 0 radical (unpaired) electrons. The summed E-state index contributed by atoms with van der Waals surface area (Å²) < 4.78 is 14.7. The van der Waals surface area contributed by atoms with E-state index in [9.17, 15) is 14.0 Å². The Labute approximate surface area is 163 Å². The van der Waals surface area contributed by atoms with E-state index in [0.29, 0.717) is 22.8 Å². The molecule has 5 nitrogen and oxygen atoms in total. The number of benzene rings is 2. The molecule has 1 N–H and O–H groups in total. The number of nitrogens with zero attached hydrogens (tertiary/aromatic N) is 2. The van der Waals surface area contributed by atoms with Crippen molar-refractivity contribution in [1.29, 1.82) is 0 Å². The number of ketones is 1. The van der Waals surface area contributed by atoms with Gasteiger partial charge in [0, 0.05) is 24.5 Å². The second-order valence-corrected chi connectivity index (χ2v) is 6.58. The van der Waals surface area contributed by atoms with Crippen LogP contribution in [-0.2, 0) is 11.2 Å². The summed E-state index contributed by atoms with van der Waals surface area (Å²) in [5, 5.41) is 7.12. The molecule has 1 amide bonds. The summed E-state index contributed by atoms with van der Waals surface area (Å²) in [6, 6.07) is 15.0. The van der Waals surface area contributed by atoms with Gasteiger partial charge in [0.25, 0.3) is 0 Å². The number of hydrogen-bond donors (Lipinski definition) is 1. The molecule has 0 aliphatic rings. The van der Waals surface area contributed by atoms with Gasteiger partial charge in [-0.15, -0.1) is 0 Å². The van der Waals surface area contributed by atoms with E-state index in [1.807, 2.05) is 12.1 Å². The number of aromatic nitrogens is 2. The maximum absolute atomic E-state index is 13.1. The van der Waals surface area contributed by atoms with Gasteiger partial charge in [-0.3, -0.25) is 9.59 Å². The highest BCUT2D eigenvalue weighted by Crippen LogP contribution is 2.18. The minimum Gasteiger partial charge on any atom is -0.311 e. The van der Waals surface area contributed by atoms with Crippen LogP contribution >= 0.6 is 0 Å². The maximum Gasteiger partial charge on any atom is 0.225 e. The Bertz CT molecular complexity index is 976. The minimum absolute atomic E-state index is 0.0685. The molecule has 0 aliphatic heterocycles. The van der Waals surface area contributed by atoms with E-state index in [2.05, 4.69) is 17.3 Å². The summed E-state index contributed by atoms with van der Waals surface area (Å²) >= 11 is 0. The van der Waals surface area contributed by atoms with Crippen molar-refractivity contribution in [1.82, 2.24) is 9.78 Å². The summed E-state index contributed by atoms with van der Waals surface area (Å²) in [5.41, 5.74) is 3.12. The average Bonchev–Trinajstić information content (AvgIpc) is 3.06. The molecule has 0 unspecified atom stereocenters. The van der Waals surface area contributed by atoms with Crippen LogP contribution in [0.5, 0.6) is 0 Å². The lowest BCUT2D eigenvalue weighted by Gasteiger charge is -2.09. The van der Waals surface area contributed by atoms with Gasteiger partial charge < -0.3 is 5.32 Å². The van der Waals surface area contributed by atoms with Gasteiger partial charge in [-0.1, -0.05) is 31.2 Å². The van der Waals surface area contributed by atoms with Gasteiger partial charge in [0.2, 0.25) is 5.91 Å². The number of rotatable bonds is 7. The van der Waals surface area contributed by atoms with Crippen molar-refractivity contribution in [3.05, 3.63) is 77.2 Å². The van der Waals surface area contributed by atoms with Gasteiger partial charge in [0.1, 0.15) is 11.6 Å². The lowest BCUT2D eigenvalue weighted by atomic mass is 10.0. The molecule has 28 heavy (non-hydrogen) atoms. The van der Waals surface area contributed by atoms with Crippen LogP contribution < -0.4 is 5.32 Å². The van der Waals surface area contributed by atoms with Crippen LogP contribution in [0, 0.1) is 12.7 Å². The van der Waals surface area contributed by atoms with E-state index in [1.54, 1.807) is 37.3 Å². The second-order valence-electron chi connectivity index (χ2n) is 6.58. The fourth-order valence-corrected chi connectivity index (χ4v) is 2.87. The summed E-state index contributed by atoms with van der Waals surface area (Å²) in [5.74, 6) is -0.208. The van der Waals surface area contributed by atoms with Crippen LogP contribution in [0.15, 0.2) is 54.6 Å². The molecule has 0 saturated heterocycles. The third kappa shape index (κ3) is 4.71. The SMILES string of the molecule is CCc1ccc(C(=O)CCC(=O)Nc2cc(C)nn2-c2ccc(F)cc2)cc1. The van der Waals surface area contributed by atoms with Crippen LogP contribution in [0.25, 0.3) is 5.69 Å². The molecule has 0 bridgehead atoms. The standard InChI is InChI=1S/C22H22FN3O2/c1-3-16-4-6-17(7-5-16)20(27)12-13-22(28)24-21-14-15(2)25-26(21)19-10-8-18(23)9-11-19/h4-11,14H,3,12-13H2,1-2H3,(H,24,28). The van der Waals surface area contributed by atoms with E-state index in [4.69, 9.17) is 0 Å². The van der Waals surface area contributed by atoms with E-state index in [0.717, 1.165) is 6.42 Å². The summed E-state index contributed by atoms with van der Waals surface area (Å²) in [6.07, 6.45) is 1.11. The Morgan fingerprint density at radius 1 is 1.04 bits per heavy atom. The number of anilines is 1. The van der Waals surface area contributed by atoms with Crippen LogP contribution in [0.3, 0.4) is 0 Å². The highest BCUT2D eigenvalue weighted by atomic mass is 19.1. The number of carbonyl (C=O) groups is 2. The molecule has 3 rings (SSSR count). The largest absolute Gasteiger partial charge is 0.311 e. The zero-order valence-electron chi connectivity index (χ0n) is 15.9. The molecule has 2 aromatic carbocycles. The Hall–Kier alpha value is -3.28. The van der Waals surface area contributed by atoms with Gasteiger partial charge in [-0.05, 0) is 43.2 Å². The molecule has 0 atom stereocenters. The fourth-order valence-electron chi connectivity index (χ4n) is 2.87. The molecule has 3 aromatic rings. The first-order valence-electron chi connectivity index (χ1n) is 9.21. The lowest BCUT2D eigenvalue weighted by molar-refractivity contribution is -0.116. The zero-order valence-corrected chi connectivity index (χ0v) is 15.9. The number of hydrogen-bond acceptors (Lipinski definition) is 3. The molecule has 0 spiro atoms. The van der Waals surface area contributed by atoms with Gasteiger partial charge in [0.15, 0.2) is 5.78 Å². The van der Waals surface area contributed by atoms with Crippen molar-refractivity contribution < 1.29 is 14.0 Å². The normalized spacial score (nSPS) is 10.7. The highest BCUT2D eigenvalue weighted by molar-refractivity contribution is 5.99. The summed E-state index contributed by atoms with van der Waals surface area (Å²) in [4.78, 5) is 24.6. The summed E-state index contributed by atoms with van der Waals surface area (Å²) in [7, 11) is 0. The highest BCUT2D eigenvalue weighted by Gasteiger charge is 2.13. The van der Waals surface area contributed by atoms with Crippen molar-refractivity contribution in [2.45, 2.75) is 33.1 Å². The average molecular weight is 379 g/mol. The Morgan fingerprint density at radius 2 is 1.71 bits per heavy atom. The Balaban J connectivity index is 1.63. The molecule has 6 heteroatoms. The molecule has 144 valence electrons. The van der Waals surface area contributed by atoms with Crippen molar-refractivity contribution >= 4 is 17.5 Å². The fraction of sp³-hybridized carbons (Fsp3) is 0.227. The topological polar surface area (TPSA) is 64.0 Å². The van der Waals surface area contributed by atoms with Crippen LogP contribution in [-0.4, -0.2) is 21.5 Å². The first-order chi connectivity index (χ1) is 13.5. The van der Waals surface area contributed by atoms with Crippen molar-refractivity contribution in [3.63, 3.8) is 0 Å². The predicted octanol–water partition coefficient (Wildman–Crippen LogP) is 4.48. The first kappa shape index (κ1) is 19.5. The van der Waals surface area contributed by atoms with Gasteiger partial charge in [-0.25, -0.2) is 9.07 Å². The third-order valence-corrected chi connectivity index (χ3v) is 4.43. The quantitative estimate of drug-likeness (QED) is 0.616. The summed E-state index contributed by atoms with van der Waals surface area (Å²) in [6.45, 7) is 3.86. The lowest BCUT2D eigenvalue weighted by Crippen LogP contribution is -2.16. The zero-order chi connectivity index (χ0) is 20.1. The molecule has 0 saturated carbocycles. The van der Waals surface area contributed by atoms with Crippen LogP contribution in [0.4, 0.5) is 10.2 Å². The molecule has 1 heterocycles. The smallest absolute Gasteiger partial charge is 0.225 e. The number of halogens is 1. The van der Waals surface area contributed by atoms with E-state index in [1.165, 1.54) is 22.4 Å². The number of carbonyl (C=O) groups excluding carboxylic acids is 2. The minimum atomic E-state index is -0.344. The number of Topliss-reactive ketones (excluding diaryl/α,β-unsaturated/α-hetero) is 1. The number of aryl methyl sites for hydroxylation is 2. The second kappa shape index (κ2) is 8.61. The molecule has 0 aliphatic carbocycles. The Morgan fingerprint density at radius 3 is 2.36 bits per heavy atom. The predicted molar refractivity (Wildman–Crippen MR) is 106 cm³/mol. The molecule has 0 fully saturated rings. The molecular weight excluding hydrogens is 357 g/mol. The molecular formula is C22H22FN3O2. The number of amides is 1. The van der Waals surface area contributed by atoms with Crippen LogP contribution in [0.1, 0.15) is 41.4 Å². The van der Waals surface area contributed by atoms with Crippen molar-refractivity contribution in [2.24, 2.45) is 0 Å². The van der Waals surface area contributed by atoms with E-state index in [-0.39, 0.29) is 30.3 Å².